The van der Waals surface area contributed by atoms with Gasteiger partial charge in [0.25, 0.3) is 0 Å². The Labute approximate surface area is 126 Å². The SMILES string of the molecule is CCCNCc1ccc(F)c(-c2cn(C(C)C)nc2C)c1. The first-order chi connectivity index (χ1) is 10.0. The van der Waals surface area contributed by atoms with Gasteiger partial charge in [0.05, 0.1) is 5.69 Å². The third-order valence-corrected chi connectivity index (χ3v) is 3.52. The van der Waals surface area contributed by atoms with Gasteiger partial charge in [0.1, 0.15) is 5.82 Å². The van der Waals surface area contributed by atoms with Gasteiger partial charge >= 0.3 is 0 Å². The van der Waals surface area contributed by atoms with Crippen LogP contribution < -0.4 is 5.32 Å². The molecular weight excluding hydrogens is 265 g/mol. The maximum absolute atomic E-state index is 14.2. The molecule has 0 unspecified atom stereocenters. The van der Waals surface area contributed by atoms with Crippen molar-refractivity contribution >= 4 is 0 Å². The van der Waals surface area contributed by atoms with Crippen molar-refractivity contribution in [1.29, 1.82) is 0 Å². The minimum Gasteiger partial charge on any atom is -0.313 e. The van der Waals surface area contributed by atoms with E-state index in [1.165, 1.54) is 0 Å². The van der Waals surface area contributed by atoms with Gasteiger partial charge in [0, 0.05) is 29.9 Å². The van der Waals surface area contributed by atoms with Crippen LogP contribution >= 0.6 is 0 Å². The van der Waals surface area contributed by atoms with E-state index in [1.54, 1.807) is 6.07 Å². The van der Waals surface area contributed by atoms with E-state index in [4.69, 9.17) is 0 Å². The molecule has 1 N–H and O–H groups in total. The van der Waals surface area contributed by atoms with Crippen LogP contribution in [0.3, 0.4) is 0 Å². The van der Waals surface area contributed by atoms with Crippen molar-refractivity contribution < 1.29 is 4.39 Å². The first kappa shape index (κ1) is 15.7. The second-order valence-corrected chi connectivity index (χ2v) is 5.69. The van der Waals surface area contributed by atoms with E-state index < -0.39 is 0 Å². The lowest BCUT2D eigenvalue weighted by Crippen LogP contribution is -2.13. The minimum atomic E-state index is -0.194. The second-order valence-electron chi connectivity index (χ2n) is 5.69. The molecule has 2 rings (SSSR count). The Balaban J connectivity index is 2.32. The molecular formula is C17H24FN3. The van der Waals surface area contributed by atoms with Gasteiger partial charge in [0.15, 0.2) is 0 Å². The highest BCUT2D eigenvalue weighted by atomic mass is 19.1. The van der Waals surface area contributed by atoms with Crippen molar-refractivity contribution in [3.8, 4) is 11.1 Å². The van der Waals surface area contributed by atoms with E-state index in [2.05, 4.69) is 31.2 Å². The molecule has 0 saturated heterocycles. The highest BCUT2D eigenvalue weighted by Crippen LogP contribution is 2.27. The predicted octanol–water partition coefficient (Wildman–Crippen LogP) is 4.08. The summed E-state index contributed by atoms with van der Waals surface area (Å²) >= 11 is 0. The van der Waals surface area contributed by atoms with Gasteiger partial charge in [-0.3, -0.25) is 4.68 Å². The Morgan fingerprint density at radius 2 is 2.05 bits per heavy atom. The molecule has 0 fully saturated rings. The van der Waals surface area contributed by atoms with Crippen molar-refractivity contribution in [2.45, 2.75) is 46.7 Å². The fourth-order valence-corrected chi connectivity index (χ4v) is 2.31. The zero-order valence-electron chi connectivity index (χ0n) is 13.3. The molecule has 0 amide bonds. The van der Waals surface area contributed by atoms with E-state index in [0.29, 0.717) is 5.56 Å². The molecule has 0 aliphatic carbocycles. The number of hydrogen-bond donors (Lipinski definition) is 1. The predicted molar refractivity (Wildman–Crippen MR) is 84.7 cm³/mol. The highest BCUT2D eigenvalue weighted by Gasteiger charge is 2.13. The van der Waals surface area contributed by atoms with Crippen molar-refractivity contribution in [1.82, 2.24) is 15.1 Å². The lowest BCUT2D eigenvalue weighted by Gasteiger charge is -2.07. The van der Waals surface area contributed by atoms with E-state index in [-0.39, 0.29) is 11.9 Å². The first-order valence-corrected chi connectivity index (χ1v) is 7.58. The number of nitrogens with zero attached hydrogens (tertiary/aromatic N) is 2. The lowest BCUT2D eigenvalue weighted by molar-refractivity contribution is 0.529. The smallest absolute Gasteiger partial charge is 0.131 e. The van der Waals surface area contributed by atoms with E-state index in [0.717, 1.165) is 36.3 Å². The first-order valence-electron chi connectivity index (χ1n) is 7.58. The van der Waals surface area contributed by atoms with Crippen molar-refractivity contribution in [3.05, 3.63) is 41.5 Å². The summed E-state index contributed by atoms with van der Waals surface area (Å²) in [6.07, 6.45) is 3.02. The van der Waals surface area contributed by atoms with Crippen molar-refractivity contribution in [2.24, 2.45) is 0 Å². The van der Waals surface area contributed by atoms with Crippen molar-refractivity contribution in [2.75, 3.05) is 6.54 Å². The number of benzene rings is 1. The summed E-state index contributed by atoms with van der Waals surface area (Å²) in [4.78, 5) is 0. The standard InChI is InChI=1S/C17H24FN3/c1-5-8-19-10-14-6-7-17(18)15(9-14)16-11-21(12(2)3)20-13(16)4/h6-7,9,11-12,19H,5,8,10H2,1-4H3. The molecule has 4 heteroatoms. The molecule has 0 aliphatic heterocycles. The summed E-state index contributed by atoms with van der Waals surface area (Å²) in [5, 5.41) is 7.81. The Morgan fingerprint density at radius 3 is 2.67 bits per heavy atom. The van der Waals surface area contributed by atoms with Gasteiger partial charge in [-0.15, -0.1) is 0 Å². The van der Waals surface area contributed by atoms with Gasteiger partial charge in [-0.1, -0.05) is 13.0 Å². The summed E-state index contributed by atoms with van der Waals surface area (Å²) in [7, 11) is 0. The number of aromatic nitrogens is 2. The second kappa shape index (κ2) is 6.85. The van der Waals surface area contributed by atoms with Crippen molar-refractivity contribution in [3.63, 3.8) is 0 Å². The molecule has 1 aromatic heterocycles. The van der Waals surface area contributed by atoms with Crippen LogP contribution in [0, 0.1) is 12.7 Å². The van der Waals surface area contributed by atoms with Crippen LogP contribution in [-0.4, -0.2) is 16.3 Å². The van der Waals surface area contributed by atoms with E-state index in [1.807, 2.05) is 29.9 Å². The van der Waals surface area contributed by atoms with E-state index >= 15 is 0 Å². The third-order valence-electron chi connectivity index (χ3n) is 3.52. The molecule has 3 nitrogen and oxygen atoms in total. The minimum absolute atomic E-state index is 0.194. The number of hydrogen-bond acceptors (Lipinski definition) is 2. The average Bonchev–Trinajstić information content (AvgIpc) is 2.83. The molecule has 2 aromatic rings. The zero-order chi connectivity index (χ0) is 15.4. The highest BCUT2D eigenvalue weighted by molar-refractivity contribution is 5.66. The van der Waals surface area contributed by atoms with E-state index in [9.17, 15) is 4.39 Å². The molecule has 114 valence electrons. The zero-order valence-corrected chi connectivity index (χ0v) is 13.3. The summed E-state index contributed by atoms with van der Waals surface area (Å²) in [6.45, 7) is 9.92. The lowest BCUT2D eigenvalue weighted by atomic mass is 10.0. The molecule has 0 atom stereocenters. The van der Waals surface area contributed by atoms with Gasteiger partial charge in [0.2, 0.25) is 0 Å². The topological polar surface area (TPSA) is 29.9 Å². The molecule has 1 aromatic carbocycles. The average molecular weight is 289 g/mol. The molecule has 21 heavy (non-hydrogen) atoms. The molecule has 0 aliphatic rings. The maximum atomic E-state index is 14.2. The number of aryl methyl sites for hydroxylation is 1. The largest absolute Gasteiger partial charge is 0.313 e. The Kier molecular flexibility index (Phi) is 5.12. The molecule has 0 radical (unpaired) electrons. The summed E-state index contributed by atoms with van der Waals surface area (Å²) in [5.74, 6) is -0.194. The Hall–Kier alpha value is -1.68. The van der Waals surface area contributed by atoms with Crippen LogP contribution in [-0.2, 0) is 6.54 Å². The van der Waals surface area contributed by atoms with Gasteiger partial charge in [-0.05, 0) is 51.4 Å². The van der Waals surface area contributed by atoms with Crippen LogP contribution in [0.25, 0.3) is 11.1 Å². The number of rotatable bonds is 6. The molecule has 0 saturated carbocycles. The van der Waals surface area contributed by atoms with Crippen LogP contribution in [0.1, 0.15) is 44.5 Å². The number of nitrogens with one attached hydrogen (secondary N) is 1. The van der Waals surface area contributed by atoms with Gasteiger partial charge in [-0.2, -0.15) is 5.10 Å². The quantitative estimate of drug-likeness (QED) is 0.812. The number of halogens is 1. The van der Waals surface area contributed by atoms with Gasteiger partial charge in [-0.25, -0.2) is 4.39 Å². The van der Waals surface area contributed by atoms with Crippen LogP contribution in [0.5, 0.6) is 0 Å². The monoisotopic (exact) mass is 289 g/mol. The molecule has 0 bridgehead atoms. The Morgan fingerprint density at radius 1 is 1.29 bits per heavy atom. The molecule has 0 spiro atoms. The summed E-state index contributed by atoms with van der Waals surface area (Å²) in [6, 6.07) is 5.58. The maximum Gasteiger partial charge on any atom is 0.131 e. The molecule has 1 heterocycles. The fraction of sp³-hybridized carbons (Fsp3) is 0.471. The third kappa shape index (κ3) is 3.70. The van der Waals surface area contributed by atoms with Gasteiger partial charge < -0.3 is 5.32 Å². The fourth-order valence-electron chi connectivity index (χ4n) is 2.31. The Bertz CT molecular complexity index is 602. The summed E-state index contributed by atoms with van der Waals surface area (Å²) < 4.78 is 16.1. The van der Waals surface area contributed by atoms with Crippen LogP contribution in [0.4, 0.5) is 4.39 Å². The normalized spacial score (nSPS) is 11.3. The van der Waals surface area contributed by atoms with Crippen LogP contribution in [0.15, 0.2) is 24.4 Å². The summed E-state index contributed by atoms with van der Waals surface area (Å²) in [5.41, 5.74) is 3.46. The van der Waals surface area contributed by atoms with Crippen LogP contribution in [0.2, 0.25) is 0 Å².